The van der Waals surface area contributed by atoms with E-state index in [9.17, 15) is 9.18 Å². The number of anilines is 1. The molecule has 1 fully saturated rings. The fourth-order valence-corrected chi connectivity index (χ4v) is 4.70. The van der Waals surface area contributed by atoms with Crippen LogP contribution in [0.1, 0.15) is 42.0 Å². The number of carbonyl (C=O) groups excluding carboxylic acids is 1. The first kappa shape index (κ1) is 24.9. The number of rotatable bonds is 9. The predicted octanol–water partition coefficient (Wildman–Crippen LogP) is 4.98. The van der Waals surface area contributed by atoms with Crippen molar-refractivity contribution >= 4 is 17.8 Å². The minimum Gasteiger partial charge on any atom is -0.396 e. The van der Waals surface area contributed by atoms with Gasteiger partial charge in [0.2, 0.25) is 5.91 Å². The summed E-state index contributed by atoms with van der Waals surface area (Å²) in [4.78, 5) is 22.5. The van der Waals surface area contributed by atoms with Crippen molar-refractivity contribution in [1.29, 1.82) is 0 Å². The number of hydrogen-bond acceptors (Lipinski definition) is 4. The second kappa shape index (κ2) is 11.4. The number of carbonyl (C=O) groups is 1. The van der Waals surface area contributed by atoms with E-state index in [2.05, 4.69) is 10.1 Å². The van der Waals surface area contributed by atoms with Crippen molar-refractivity contribution in [3.63, 3.8) is 0 Å². The first-order valence-electron chi connectivity index (χ1n) is 11.7. The molecule has 2 aromatic rings. The molecule has 1 saturated heterocycles. The van der Waals surface area contributed by atoms with E-state index in [1.165, 1.54) is 6.07 Å². The Labute approximate surface area is 197 Å². The Morgan fingerprint density at radius 2 is 1.91 bits per heavy atom. The molecule has 0 unspecified atom stereocenters. The minimum atomic E-state index is -0.173. The van der Waals surface area contributed by atoms with E-state index in [-0.39, 0.29) is 23.6 Å². The van der Waals surface area contributed by atoms with Crippen molar-refractivity contribution in [2.45, 2.75) is 40.0 Å². The fourth-order valence-electron chi connectivity index (χ4n) is 4.70. The third-order valence-electron chi connectivity index (χ3n) is 6.18. The highest BCUT2D eigenvalue weighted by Gasteiger charge is 2.34. The van der Waals surface area contributed by atoms with Crippen molar-refractivity contribution in [2.75, 3.05) is 38.7 Å². The Bertz CT molecular complexity index is 966. The van der Waals surface area contributed by atoms with Gasteiger partial charge in [-0.25, -0.2) is 4.39 Å². The highest BCUT2D eigenvalue weighted by molar-refractivity contribution is 5.97. The first-order chi connectivity index (χ1) is 15.8. The third-order valence-corrected chi connectivity index (χ3v) is 6.18. The van der Waals surface area contributed by atoms with Gasteiger partial charge in [-0.3, -0.25) is 4.79 Å². The van der Waals surface area contributed by atoms with Gasteiger partial charge in [-0.2, -0.15) is 0 Å². The van der Waals surface area contributed by atoms with Gasteiger partial charge in [0, 0.05) is 24.7 Å². The zero-order valence-electron chi connectivity index (χ0n) is 20.5. The van der Waals surface area contributed by atoms with E-state index < -0.39 is 0 Å². The number of hydrogen-bond donors (Lipinski definition) is 0. The molecule has 5 nitrogen and oxygen atoms in total. The van der Waals surface area contributed by atoms with Crippen LogP contribution in [-0.2, 0) is 16.1 Å². The second-order valence-electron chi connectivity index (χ2n) is 9.48. The molecule has 2 atom stereocenters. The molecule has 33 heavy (non-hydrogen) atoms. The summed E-state index contributed by atoms with van der Waals surface area (Å²) >= 11 is 0. The summed E-state index contributed by atoms with van der Waals surface area (Å²) < 4.78 is 14.2. The molecule has 0 N–H and O–H groups in total. The molecule has 2 aromatic carbocycles. The molecule has 0 aromatic heterocycles. The number of aryl methyl sites for hydroxylation is 2. The van der Waals surface area contributed by atoms with Crippen molar-refractivity contribution in [3.05, 3.63) is 64.5 Å². The fraction of sp³-hybridized carbons (Fsp3) is 0.481. The van der Waals surface area contributed by atoms with Crippen molar-refractivity contribution in [2.24, 2.45) is 17.0 Å². The van der Waals surface area contributed by atoms with Crippen LogP contribution in [0.2, 0.25) is 0 Å². The zero-order chi connectivity index (χ0) is 24.0. The van der Waals surface area contributed by atoms with Crippen LogP contribution in [0.25, 0.3) is 0 Å². The van der Waals surface area contributed by atoms with Crippen LogP contribution in [0.5, 0.6) is 0 Å². The molecular formula is C27H36FN3O2. The molecule has 0 saturated carbocycles. The highest BCUT2D eigenvalue weighted by atomic mass is 19.1. The second-order valence-corrected chi connectivity index (χ2v) is 9.48. The molecule has 0 aliphatic carbocycles. The van der Waals surface area contributed by atoms with Crippen LogP contribution in [0.4, 0.5) is 10.1 Å². The monoisotopic (exact) mass is 453 g/mol. The van der Waals surface area contributed by atoms with Gasteiger partial charge in [-0.15, -0.1) is 0 Å². The Morgan fingerprint density at radius 1 is 1.21 bits per heavy atom. The lowest BCUT2D eigenvalue weighted by Gasteiger charge is -2.38. The van der Waals surface area contributed by atoms with Crippen LogP contribution >= 0.6 is 0 Å². The maximum atomic E-state index is 14.2. The molecule has 1 aliphatic heterocycles. The highest BCUT2D eigenvalue weighted by Crippen LogP contribution is 2.34. The molecule has 0 radical (unpaired) electrons. The lowest BCUT2D eigenvalue weighted by molar-refractivity contribution is -0.124. The van der Waals surface area contributed by atoms with Crippen LogP contribution in [0, 0.1) is 31.5 Å². The summed E-state index contributed by atoms with van der Waals surface area (Å²) in [5.74, 6) is 0.0847. The number of benzene rings is 2. The summed E-state index contributed by atoms with van der Waals surface area (Å²) in [7, 11) is 4.07. The molecule has 1 heterocycles. The predicted molar refractivity (Wildman–Crippen MR) is 132 cm³/mol. The Morgan fingerprint density at radius 3 is 2.58 bits per heavy atom. The molecule has 3 rings (SSSR count). The molecule has 0 spiro atoms. The normalized spacial score (nSPS) is 19.0. The number of oxime groups is 1. The lowest BCUT2D eigenvalue weighted by Crippen LogP contribution is -2.46. The van der Waals surface area contributed by atoms with Crippen molar-refractivity contribution in [3.8, 4) is 0 Å². The SMILES string of the molecule is Cc1cc(C=NOCCCN(C)C)cc(C)c1N1C[C@@H](Cc2ccccc2F)C[C@@H](C)C1=O. The average molecular weight is 454 g/mol. The number of piperidine rings is 1. The molecular weight excluding hydrogens is 417 g/mol. The quantitative estimate of drug-likeness (QED) is 0.306. The maximum absolute atomic E-state index is 14.2. The van der Waals surface area contributed by atoms with Crippen LogP contribution in [0.15, 0.2) is 41.6 Å². The number of nitrogens with zero attached hydrogens (tertiary/aromatic N) is 3. The standard InChI is InChI=1S/C27H36FN3O2/c1-19-13-22(17-29-33-12-8-11-30(4)5)14-20(2)26(19)31-18-23(15-21(3)27(31)32)16-24-9-6-7-10-25(24)28/h6-7,9-10,13-14,17,21,23H,8,11-12,15-16,18H2,1-5H3/t21-,23-/m1/s1. The average Bonchev–Trinajstić information content (AvgIpc) is 2.75. The number of halogens is 1. The van der Waals surface area contributed by atoms with Crippen LogP contribution in [-0.4, -0.2) is 50.8 Å². The maximum Gasteiger partial charge on any atom is 0.229 e. The van der Waals surface area contributed by atoms with E-state index in [0.29, 0.717) is 19.6 Å². The zero-order valence-corrected chi connectivity index (χ0v) is 20.5. The van der Waals surface area contributed by atoms with Gasteiger partial charge in [0.15, 0.2) is 0 Å². The van der Waals surface area contributed by atoms with Gasteiger partial charge >= 0.3 is 0 Å². The van der Waals surface area contributed by atoms with Crippen LogP contribution in [0.3, 0.4) is 0 Å². The Hall–Kier alpha value is -2.73. The van der Waals surface area contributed by atoms with E-state index in [1.54, 1.807) is 12.3 Å². The Balaban J connectivity index is 1.72. The van der Waals surface area contributed by atoms with Gasteiger partial charge < -0.3 is 14.6 Å². The Kier molecular flexibility index (Phi) is 8.61. The van der Waals surface area contributed by atoms with E-state index in [4.69, 9.17) is 4.84 Å². The van der Waals surface area contributed by atoms with E-state index in [0.717, 1.165) is 47.3 Å². The van der Waals surface area contributed by atoms with Gasteiger partial charge in [0.25, 0.3) is 0 Å². The summed E-state index contributed by atoms with van der Waals surface area (Å²) in [6, 6.07) is 11.0. The number of amides is 1. The first-order valence-corrected chi connectivity index (χ1v) is 11.7. The van der Waals surface area contributed by atoms with E-state index in [1.807, 2.05) is 64.0 Å². The van der Waals surface area contributed by atoms with E-state index >= 15 is 0 Å². The molecule has 6 heteroatoms. The molecule has 1 aliphatic rings. The van der Waals surface area contributed by atoms with Crippen molar-refractivity contribution < 1.29 is 14.0 Å². The summed E-state index contributed by atoms with van der Waals surface area (Å²) in [6.07, 6.45) is 4.05. The largest absolute Gasteiger partial charge is 0.396 e. The minimum absolute atomic E-state index is 0.0915. The van der Waals surface area contributed by atoms with Crippen LogP contribution < -0.4 is 4.90 Å². The van der Waals surface area contributed by atoms with Crippen molar-refractivity contribution in [1.82, 2.24) is 4.90 Å². The van der Waals surface area contributed by atoms with Gasteiger partial charge in [0.05, 0.1) is 6.21 Å². The van der Waals surface area contributed by atoms with Gasteiger partial charge in [-0.1, -0.05) is 30.3 Å². The molecule has 0 bridgehead atoms. The summed E-state index contributed by atoms with van der Waals surface area (Å²) in [6.45, 7) is 8.16. The lowest BCUT2D eigenvalue weighted by atomic mass is 9.84. The third kappa shape index (κ3) is 6.64. The smallest absolute Gasteiger partial charge is 0.229 e. The molecule has 1 amide bonds. The summed E-state index contributed by atoms with van der Waals surface area (Å²) in [5.41, 5.74) is 4.66. The van der Waals surface area contributed by atoms with Gasteiger partial charge in [0.1, 0.15) is 12.4 Å². The topological polar surface area (TPSA) is 45.1 Å². The van der Waals surface area contributed by atoms with Gasteiger partial charge in [-0.05, 0) is 93.6 Å². The molecule has 178 valence electrons. The summed E-state index contributed by atoms with van der Waals surface area (Å²) in [5, 5.41) is 4.10.